The molecule has 1 aliphatic rings. The summed E-state index contributed by atoms with van der Waals surface area (Å²) in [4.78, 5) is 34.4. The van der Waals surface area contributed by atoms with Gasteiger partial charge >= 0.3 is 6.03 Å². The highest BCUT2D eigenvalue weighted by Gasteiger charge is 2.29. The van der Waals surface area contributed by atoms with Gasteiger partial charge in [0.15, 0.2) is 0 Å². The van der Waals surface area contributed by atoms with Gasteiger partial charge in [-0.1, -0.05) is 23.7 Å². The van der Waals surface area contributed by atoms with Crippen LogP contribution >= 0.6 is 11.6 Å². The first kappa shape index (κ1) is 17.8. The number of imide groups is 1. The van der Waals surface area contributed by atoms with Crippen LogP contribution in [0, 0.1) is 0 Å². The summed E-state index contributed by atoms with van der Waals surface area (Å²) in [6.07, 6.45) is 0.341. The van der Waals surface area contributed by atoms with Crippen molar-refractivity contribution < 1.29 is 19.1 Å². The Morgan fingerprint density at radius 2 is 1.85 bits per heavy atom. The number of amides is 4. The van der Waals surface area contributed by atoms with E-state index in [0.717, 1.165) is 0 Å². The summed E-state index contributed by atoms with van der Waals surface area (Å²) in [6.45, 7) is 0. The van der Waals surface area contributed by atoms with Crippen LogP contribution in [0.3, 0.4) is 0 Å². The third-order valence-corrected chi connectivity index (χ3v) is 4.03. The Labute approximate surface area is 154 Å². The van der Waals surface area contributed by atoms with E-state index in [-0.39, 0.29) is 18.7 Å². The summed E-state index contributed by atoms with van der Waals surface area (Å²) in [7, 11) is 0. The number of nitrogens with one attached hydrogen (secondary N) is 3. The fourth-order valence-corrected chi connectivity index (χ4v) is 2.60. The summed E-state index contributed by atoms with van der Waals surface area (Å²) >= 11 is 6.05. The molecule has 0 aromatic heterocycles. The van der Waals surface area contributed by atoms with Crippen molar-refractivity contribution in [2.45, 2.75) is 18.9 Å². The second kappa shape index (κ2) is 7.88. The van der Waals surface area contributed by atoms with Gasteiger partial charge in [0, 0.05) is 12.1 Å². The molecular formula is C18H16ClN3O4. The summed E-state index contributed by atoms with van der Waals surface area (Å²) in [5.74, 6) is 0.465. The van der Waals surface area contributed by atoms with Crippen LogP contribution in [0.15, 0.2) is 48.5 Å². The van der Waals surface area contributed by atoms with Gasteiger partial charge in [-0.05, 0) is 42.8 Å². The summed E-state index contributed by atoms with van der Waals surface area (Å²) < 4.78 is 5.68. The van der Waals surface area contributed by atoms with Crippen LogP contribution < -0.4 is 20.7 Å². The van der Waals surface area contributed by atoms with Crippen molar-refractivity contribution in [1.29, 1.82) is 0 Å². The van der Waals surface area contributed by atoms with Crippen LogP contribution in [0.4, 0.5) is 10.5 Å². The van der Waals surface area contributed by atoms with Crippen molar-refractivity contribution in [2.24, 2.45) is 0 Å². The summed E-state index contributed by atoms with van der Waals surface area (Å²) in [5, 5.41) is 7.81. The second-order valence-corrected chi connectivity index (χ2v) is 6.07. The van der Waals surface area contributed by atoms with E-state index in [1.165, 1.54) is 0 Å². The molecule has 1 aliphatic heterocycles. The quantitative estimate of drug-likeness (QED) is 0.678. The zero-order valence-corrected chi connectivity index (χ0v) is 14.4. The molecule has 1 fully saturated rings. The first-order chi connectivity index (χ1) is 12.5. The van der Waals surface area contributed by atoms with E-state index in [1.807, 2.05) is 12.1 Å². The van der Waals surface area contributed by atoms with Gasteiger partial charge in [0.05, 0.1) is 5.02 Å². The lowest BCUT2D eigenvalue weighted by Gasteiger charge is -2.10. The van der Waals surface area contributed by atoms with Crippen LogP contribution in [-0.2, 0) is 9.59 Å². The molecule has 0 bridgehead atoms. The Morgan fingerprint density at radius 1 is 1.12 bits per heavy atom. The van der Waals surface area contributed by atoms with E-state index < -0.39 is 18.0 Å². The van der Waals surface area contributed by atoms with Gasteiger partial charge in [0.2, 0.25) is 5.91 Å². The molecule has 1 atom stereocenters. The van der Waals surface area contributed by atoms with Crippen molar-refractivity contribution in [2.75, 3.05) is 5.32 Å². The number of halogens is 1. The Morgan fingerprint density at radius 3 is 2.50 bits per heavy atom. The van der Waals surface area contributed by atoms with Gasteiger partial charge in [0.25, 0.3) is 5.91 Å². The zero-order chi connectivity index (χ0) is 18.5. The molecule has 7 nitrogen and oxygen atoms in total. The molecule has 0 saturated carbocycles. The van der Waals surface area contributed by atoms with E-state index in [2.05, 4.69) is 16.0 Å². The number of carbonyl (C=O) groups is 3. The largest absolute Gasteiger partial charge is 0.456 e. The molecule has 134 valence electrons. The molecule has 2 aromatic carbocycles. The third kappa shape index (κ3) is 4.52. The van der Waals surface area contributed by atoms with Crippen molar-refractivity contribution in [1.82, 2.24) is 10.6 Å². The van der Waals surface area contributed by atoms with E-state index in [1.54, 1.807) is 36.4 Å². The number of anilines is 1. The molecule has 0 spiro atoms. The molecule has 1 heterocycles. The molecule has 0 aliphatic carbocycles. The van der Waals surface area contributed by atoms with E-state index in [0.29, 0.717) is 22.2 Å². The lowest BCUT2D eigenvalue weighted by atomic mass is 10.1. The molecule has 0 unspecified atom stereocenters. The minimum Gasteiger partial charge on any atom is -0.456 e. The van der Waals surface area contributed by atoms with Crippen LogP contribution in [0.25, 0.3) is 0 Å². The van der Waals surface area contributed by atoms with Crippen molar-refractivity contribution in [3.8, 4) is 11.5 Å². The molecule has 3 N–H and O–H groups in total. The first-order valence-corrected chi connectivity index (χ1v) is 8.33. The lowest BCUT2D eigenvalue weighted by molar-refractivity contribution is -0.120. The number of para-hydroxylation sites is 1. The molecule has 4 amide bonds. The predicted molar refractivity (Wildman–Crippen MR) is 96.3 cm³/mol. The van der Waals surface area contributed by atoms with E-state index >= 15 is 0 Å². The Kier molecular flexibility index (Phi) is 5.38. The highest BCUT2D eigenvalue weighted by molar-refractivity contribution is 6.32. The number of benzene rings is 2. The number of carbonyl (C=O) groups excluding carboxylic acids is 3. The average molecular weight is 374 g/mol. The molecular weight excluding hydrogens is 358 g/mol. The molecule has 0 radical (unpaired) electrons. The number of urea groups is 1. The predicted octanol–water partition coefficient (Wildman–Crippen LogP) is 3.06. The molecule has 2 aromatic rings. The van der Waals surface area contributed by atoms with E-state index in [4.69, 9.17) is 16.3 Å². The van der Waals surface area contributed by atoms with E-state index in [9.17, 15) is 14.4 Å². The maximum atomic E-state index is 12.0. The fourth-order valence-electron chi connectivity index (χ4n) is 2.42. The van der Waals surface area contributed by atoms with Crippen molar-refractivity contribution in [3.05, 3.63) is 53.6 Å². The molecule has 26 heavy (non-hydrogen) atoms. The van der Waals surface area contributed by atoms with Crippen LogP contribution in [0.2, 0.25) is 5.02 Å². The van der Waals surface area contributed by atoms with Crippen molar-refractivity contribution >= 4 is 35.1 Å². The summed E-state index contributed by atoms with van der Waals surface area (Å²) in [5.41, 5.74) is 0.599. The highest BCUT2D eigenvalue weighted by atomic mass is 35.5. The van der Waals surface area contributed by atoms with Gasteiger partial charge in [-0.3, -0.25) is 14.9 Å². The van der Waals surface area contributed by atoms with Gasteiger partial charge in [-0.15, -0.1) is 0 Å². The van der Waals surface area contributed by atoms with Gasteiger partial charge in [-0.25, -0.2) is 4.79 Å². The van der Waals surface area contributed by atoms with Gasteiger partial charge in [0.1, 0.15) is 17.5 Å². The number of rotatable bonds is 6. The topological polar surface area (TPSA) is 96.5 Å². The molecule has 8 heteroatoms. The van der Waals surface area contributed by atoms with Gasteiger partial charge in [-0.2, -0.15) is 0 Å². The average Bonchev–Trinajstić information content (AvgIpc) is 2.94. The smallest absolute Gasteiger partial charge is 0.322 e. The first-order valence-electron chi connectivity index (χ1n) is 7.95. The maximum Gasteiger partial charge on any atom is 0.322 e. The molecule has 1 saturated heterocycles. The standard InChI is InChI=1S/C18H16ClN3O4/c19-13-3-1-2-4-15(13)26-12-7-5-11(6-8-12)20-16(23)10-9-14-17(24)22-18(25)21-14/h1-8,14H,9-10H2,(H,20,23)(H2,21,22,24,25)/t14-/m1/s1. The minimum absolute atomic E-state index is 0.107. The highest BCUT2D eigenvalue weighted by Crippen LogP contribution is 2.29. The number of hydrogen-bond acceptors (Lipinski definition) is 4. The SMILES string of the molecule is O=C(CC[C@H]1NC(=O)NC1=O)Nc1ccc(Oc2ccccc2Cl)cc1. The van der Waals surface area contributed by atoms with Crippen LogP contribution in [0.5, 0.6) is 11.5 Å². The fraction of sp³-hybridized carbons (Fsp3) is 0.167. The number of hydrogen-bond donors (Lipinski definition) is 3. The summed E-state index contributed by atoms with van der Waals surface area (Å²) in [6, 6.07) is 12.8. The van der Waals surface area contributed by atoms with Gasteiger partial charge < -0.3 is 15.4 Å². The molecule has 3 rings (SSSR count). The number of ether oxygens (including phenoxy) is 1. The normalized spacial score (nSPS) is 16.0. The van der Waals surface area contributed by atoms with Crippen LogP contribution in [-0.4, -0.2) is 23.9 Å². The maximum absolute atomic E-state index is 12.0. The lowest BCUT2D eigenvalue weighted by Crippen LogP contribution is -2.30. The second-order valence-electron chi connectivity index (χ2n) is 5.66. The Hall–Kier alpha value is -3.06. The Bertz CT molecular complexity index is 839. The van der Waals surface area contributed by atoms with Crippen LogP contribution in [0.1, 0.15) is 12.8 Å². The Balaban J connectivity index is 1.51. The zero-order valence-electron chi connectivity index (χ0n) is 13.6. The monoisotopic (exact) mass is 373 g/mol. The van der Waals surface area contributed by atoms with Crippen molar-refractivity contribution in [3.63, 3.8) is 0 Å². The minimum atomic E-state index is -0.667. The third-order valence-electron chi connectivity index (χ3n) is 3.72.